The third-order valence-electron chi connectivity index (χ3n) is 5.15. The van der Waals surface area contributed by atoms with Crippen LogP contribution in [0.3, 0.4) is 0 Å². The zero-order valence-electron chi connectivity index (χ0n) is 21.9. The Morgan fingerprint density at radius 3 is 1.94 bits per heavy atom. The van der Waals surface area contributed by atoms with Crippen LogP contribution in [-0.4, -0.2) is 41.2 Å². The highest BCUT2D eigenvalue weighted by atomic mass is 19.3. The van der Waals surface area contributed by atoms with Gasteiger partial charge in [0.05, 0.1) is 25.3 Å². The van der Waals surface area contributed by atoms with Crippen molar-refractivity contribution in [3.8, 4) is 39.9 Å². The quantitative estimate of drug-likeness (QED) is 0.373. The van der Waals surface area contributed by atoms with Gasteiger partial charge in [-0.15, -0.1) is 0 Å². The van der Waals surface area contributed by atoms with Crippen molar-refractivity contribution < 1.29 is 42.7 Å². The maximum absolute atomic E-state index is 13.6. The Hall–Kier alpha value is -3.72. The lowest BCUT2D eigenvalue weighted by Crippen LogP contribution is -2.01. The third-order valence-corrected chi connectivity index (χ3v) is 5.15. The zero-order chi connectivity index (χ0) is 26.8. The lowest BCUT2D eigenvalue weighted by molar-refractivity contribution is -0.00628. The molecule has 0 aliphatic carbocycles. The van der Waals surface area contributed by atoms with E-state index >= 15 is 0 Å². The first-order valence-electron chi connectivity index (χ1n) is 11.6. The van der Waals surface area contributed by atoms with E-state index in [1.165, 1.54) is 14.2 Å². The molecule has 0 spiro atoms. The van der Waals surface area contributed by atoms with Crippen LogP contribution >= 0.6 is 0 Å². The summed E-state index contributed by atoms with van der Waals surface area (Å²) in [5.41, 5.74) is 1.84. The summed E-state index contributed by atoms with van der Waals surface area (Å²) in [4.78, 5) is 16.8. The van der Waals surface area contributed by atoms with Crippen LogP contribution in [0.5, 0.6) is 28.7 Å². The minimum atomic E-state index is -0.553. The second-order valence-corrected chi connectivity index (χ2v) is 6.94. The van der Waals surface area contributed by atoms with Gasteiger partial charge in [-0.05, 0) is 35.2 Å². The van der Waals surface area contributed by atoms with E-state index in [2.05, 4.69) is 9.68 Å². The molecule has 8 nitrogen and oxygen atoms in total. The minimum absolute atomic E-state index is 0.0775. The number of halogens is 1. The molecule has 0 bridgehead atoms. The molecule has 2 aliphatic rings. The van der Waals surface area contributed by atoms with Crippen LogP contribution in [0, 0.1) is 0 Å². The molecule has 0 amide bonds. The Balaban J connectivity index is 0.000000596. The van der Waals surface area contributed by atoms with E-state index in [1.807, 2.05) is 27.7 Å². The summed E-state index contributed by atoms with van der Waals surface area (Å²) >= 11 is 0. The molecule has 0 aromatic heterocycles. The molecule has 0 atom stereocenters. The largest absolute Gasteiger partial charge is 0.493 e. The molecule has 0 radical (unpaired) electrons. The van der Waals surface area contributed by atoms with Gasteiger partial charge < -0.3 is 28.4 Å². The third kappa shape index (κ3) is 5.26. The van der Waals surface area contributed by atoms with Crippen molar-refractivity contribution in [2.75, 3.05) is 35.2 Å². The number of rotatable bonds is 4. The topological polar surface area (TPSA) is 81.7 Å². The number of fused-ring (bicyclic) bond motifs is 3. The second-order valence-electron chi connectivity index (χ2n) is 6.94. The van der Waals surface area contributed by atoms with Crippen molar-refractivity contribution in [2.24, 2.45) is 0 Å². The van der Waals surface area contributed by atoms with Crippen molar-refractivity contribution in [1.29, 1.82) is 0 Å². The fourth-order valence-electron chi connectivity index (χ4n) is 3.85. The summed E-state index contributed by atoms with van der Waals surface area (Å²) in [6.45, 7) is 8.04. The Morgan fingerprint density at radius 2 is 1.36 bits per heavy atom. The molecular formula is C27H33FO8. The zero-order valence-corrected chi connectivity index (χ0v) is 21.9. The minimum Gasteiger partial charge on any atom is -0.493 e. The fourth-order valence-corrected chi connectivity index (χ4v) is 3.85. The first kappa shape index (κ1) is 28.5. The van der Waals surface area contributed by atoms with Crippen LogP contribution in [0.25, 0.3) is 21.9 Å². The van der Waals surface area contributed by atoms with E-state index in [9.17, 15) is 9.32 Å². The average Bonchev–Trinajstić information content (AvgIpc) is 3.55. The molecule has 3 aromatic carbocycles. The summed E-state index contributed by atoms with van der Waals surface area (Å²) in [5, 5.41) is 0.974. The van der Waals surface area contributed by atoms with Gasteiger partial charge in [0, 0.05) is 29.7 Å². The number of methoxy groups -OCH3 is 3. The van der Waals surface area contributed by atoms with E-state index < -0.39 is 5.97 Å². The van der Waals surface area contributed by atoms with Gasteiger partial charge in [0.1, 0.15) is 6.61 Å². The van der Waals surface area contributed by atoms with Gasteiger partial charge >= 0.3 is 5.97 Å². The van der Waals surface area contributed by atoms with Crippen molar-refractivity contribution >= 4 is 16.7 Å². The Bertz CT molecular complexity index is 1190. The molecule has 0 saturated heterocycles. The van der Waals surface area contributed by atoms with Crippen molar-refractivity contribution in [3.63, 3.8) is 0 Å². The Morgan fingerprint density at radius 1 is 0.778 bits per heavy atom. The van der Waals surface area contributed by atoms with Gasteiger partial charge in [0.2, 0.25) is 6.79 Å². The number of benzene rings is 3. The molecule has 196 valence electrons. The number of carbonyl (C=O) groups excluding carboxylic acids is 1. The van der Waals surface area contributed by atoms with Crippen molar-refractivity contribution in [2.45, 2.75) is 34.3 Å². The van der Waals surface area contributed by atoms with Crippen LogP contribution in [0.4, 0.5) is 4.53 Å². The number of esters is 1. The molecule has 0 unspecified atom stereocenters. The highest BCUT2D eigenvalue weighted by Crippen LogP contribution is 2.49. The molecule has 5 rings (SSSR count). The van der Waals surface area contributed by atoms with Crippen LogP contribution in [0.1, 0.15) is 43.6 Å². The Labute approximate surface area is 210 Å². The van der Waals surface area contributed by atoms with E-state index in [4.69, 9.17) is 23.7 Å². The lowest BCUT2D eigenvalue weighted by Gasteiger charge is -2.16. The van der Waals surface area contributed by atoms with Crippen molar-refractivity contribution in [3.05, 3.63) is 41.5 Å². The number of cyclic esters (lactones) is 1. The molecular weight excluding hydrogens is 471 g/mol. The standard InChI is InChI=1S/C21H15FO7.C2H6O.2C2H6/c1-24-15-6-11-12(7-16(15)25-2)20(29-22)13-8-26-21(23)19(13)18(11)10-3-4-14-17(5-10)28-9-27-14;1-3-2;2*1-2/h3-7H,8-9H2,1-2H3;1-2H3;2*1-2H3. The summed E-state index contributed by atoms with van der Waals surface area (Å²) < 4.78 is 44.7. The number of hydrogen-bond acceptors (Lipinski definition) is 8. The van der Waals surface area contributed by atoms with Crippen LogP contribution in [0.15, 0.2) is 30.3 Å². The normalized spacial score (nSPS) is 12.1. The smallest absolute Gasteiger partial charge is 0.339 e. The van der Waals surface area contributed by atoms with Crippen LogP contribution < -0.4 is 23.9 Å². The molecule has 3 aromatic rings. The van der Waals surface area contributed by atoms with Crippen molar-refractivity contribution in [1.82, 2.24) is 0 Å². The highest BCUT2D eigenvalue weighted by molar-refractivity contribution is 6.14. The highest BCUT2D eigenvalue weighted by Gasteiger charge is 2.34. The predicted octanol–water partition coefficient (Wildman–Crippen LogP) is 6.50. The molecule has 36 heavy (non-hydrogen) atoms. The van der Waals surface area contributed by atoms with Crippen LogP contribution in [0.2, 0.25) is 0 Å². The van der Waals surface area contributed by atoms with E-state index in [0.29, 0.717) is 50.5 Å². The first-order chi connectivity index (χ1) is 17.6. The summed E-state index contributed by atoms with van der Waals surface area (Å²) in [6.07, 6.45) is 0. The van der Waals surface area contributed by atoms with Gasteiger partial charge in [0.15, 0.2) is 28.7 Å². The molecule has 0 saturated carbocycles. The first-order valence-corrected chi connectivity index (χ1v) is 11.6. The molecule has 0 N–H and O–H groups in total. The van der Waals surface area contributed by atoms with E-state index in [0.717, 1.165) is 0 Å². The number of ether oxygens (including phenoxy) is 6. The van der Waals surface area contributed by atoms with Gasteiger partial charge in [-0.3, -0.25) is 4.94 Å². The molecule has 9 heteroatoms. The number of carbonyl (C=O) groups is 1. The van der Waals surface area contributed by atoms with Gasteiger partial charge in [-0.25, -0.2) is 4.79 Å². The molecule has 2 heterocycles. The van der Waals surface area contributed by atoms with Gasteiger partial charge in [-0.1, -0.05) is 33.8 Å². The summed E-state index contributed by atoms with van der Waals surface area (Å²) in [5.74, 6) is 1.37. The monoisotopic (exact) mass is 504 g/mol. The summed E-state index contributed by atoms with van der Waals surface area (Å²) in [7, 11) is 6.23. The fraction of sp³-hybridized carbons (Fsp3) is 0.370. The number of hydrogen-bond donors (Lipinski definition) is 0. The maximum atomic E-state index is 13.6. The lowest BCUT2D eigenvalue weighted by atomic mass is 9.89. The van der Waals surface area contributed by atoms with Crippen LogP contribution in [-0.2, 0) is 16.1 Å². The predicted molar refractivity (Wildman–Crippen MR) is 135 cm³/mol. The van der Waals surface area contributed by atoms with E-state index in [1.54, 1.807) is 44.6 Å². The second kappa shape index (κ2) is 13.4. The van der Waals surface area contributed by atoms with Gasteiger partial charge in [-0.2, -0.15) is 0 Å². The van der Waals surface area contributed by atoms with Gasteiger partial charge in [0.25, 0.3) is 0 Å². The summed E-state index contributed by atoms with van der Waals surface area (Å²) in [6, 6.07) is 8.64. The Kier molecular flexibility index (Phi) is 10.6. The van der Waals surface area contributed by atoms with E-state index in [-0.39, 0.29) is 24.7 Å². The SMILES string of the molecule is CC.CC.COC.COc1cc2c(OF)c3c(c(-c4ccc5c(c4)OCO5)c2cc1OC)C(=O)OC3. The molecule has 0 fully saturated rings. The maximum Gasteiger partial charge on any atom is 0.339 e. The molecule has 2 aliphatic heterocycles. The average molecular weight is 505 g/mol.